The summed E-state index contributed by atoms with van der Waals surface area (Å²) < 4.78 is 0. The minimum atomic E-state index is 1.10. The van der Waals surface area contributed by atoms with E-state index < -0.39 is 0 Å². The molecule has 0 fully saturated rings. The second kappa shape index (κ2) is 18.0. The lowest BCUT2D eigenvalue weighted by atomic mass is 9.93. The number of hydrogen-bond donors (Lipinski definition) is 0. The smallest absolute Gasteiger partial charge is 0.0618 e. The average Bonchev–Trinajstić information content (AvgIpc) is 3.37. The van der Waals surface area contributed by atoms with Crippen molar-refractivity contribution in [1.82, 2.24) is 0 Å². The molecule has 2 nitrogen and oxygen atoms in total. The topological polar surface area (TPSA) is 6.48 Å². The van der Waals surface area contributed by atoms with Gasteiger partial charge in [-0.2, -0.15) is 0 Å². The fourth-order valence-electron chi connectivity index (χ4n) is 9.07. The number of aryl methyl sites for hydroxylation is 2. The van der Waals surface area contributed by atoms with Crippen LogP contribution < -0.4 is 9.80 Å². The van der Waals surface area contributed by atoms with Crippen molar-refractivity contribution in [2.45, 2.75) is 13.8 Å². The Hall–Kier alpha value is -8.20. The first-order valence-electron chi connectivity index (χ1n) is 22.0. The molecule has 0 unspecified atom stereocenters. The fraction of sp³-hybridized carbons (Fsp3) is 0.0323. The largest absolute Gasteiger partial charge is 0.309 e. The van der Waals surface area contributed by atoms with Gasteiger partial charge in [-0.1, -0.05) is 206 Å². The van der Waals surface area contributed by atoms with E-state index in [-0.39, 0.29) is 0 Å². The van der Waals surface area contributed by atoms with Gasteiger partial charge in [0.25, 0.3) is 0 Å². The molecule has 0 saturated heterocycles. The summed E-state index contributed by atoms with van der Waals surface area (Å²) in [6.45, 7) is 4.48. The monoisotopic (exact) mass is 820 g/mol. The number of rotatable bonds is 11. The van der Waals surface area contributed by atoms with Crippen LogP contribution in [0.4, 0.5) is 34.1 Å². The highest BCUT2D eigenvalue weighted by Gasteiger charge is 2.25. The molecule has 10 rings (SSSR count). The van der Waals surface area contributed by atoms with E-state index in [9.17, 15) is 0 Å². The molecule has 0 amide bonds. The van der Waals surface area contributed by atoms with E-state index in [1.165, 1.54) is 66.8 Å². The Morgan fingerprint density at radius 1 is 0.234 bits per heavy atom. The third-order valence-electron chi connectivity index (χ3n) is 12.1. The summed E-state index contributed by atoms with van der Waals surface area (Å²) in [6.07, 6.45) is 0. The van der Waals surface area contributed by atoms with Crippen molar-refractivity contribution in [1.29, 1.82) is 0 Å². The molecule has 306 valence electrons. The lowest BCUT2D eigenvalue weighted by Crippen LogP contribution is -2.14. The Morgan fingerprint density at radius 2 is 0.500 bits per heavy atom. The molecule has 0 aliphatic heterocycles. The average molecular weight is 821 g/mol. The van der Waals surface area contributed by atoms with Crippen molar-refractivity contribution in [3.63, 3.8) is 0 Å². The SMILES string of the molecule is Cc1cc(-c2ccc(N(c3ccccc3)c3c(-c4ccccc4)cccc3-c3ccccc3)c(C)c2)ccc1N(c1ccccc1)c1c(-c2ccccc2)cccc1-c1ccccc1. The maximum Gasteiger partial charge on any atom is 0.0618 e. The molecule has 10 aromatic carbocycles. The van der Waals surface area contributed by atoms with Crippen LogP contribution in [0.5, 0.6) is 0 Å². The minimum absolute atomic E-state index is 1.10. The van der Waals surface area contributed by atoms with Gasteiger partial charge in [0, 0.05) is 45.0 Å². The van der Waals surface area contributed by atoms with Gasteiger partial charge < -0.3 is 9.80 Å². The summed E-state index contributed by atoms with van der Waals surface area (Å²) in [7, 11) is 0. The Labute approximate surface area is 377 Å². The van der Waals surface area contributed by atoms with Crippen LogP contribution in [0.1, 0.15) is 11.1 Å². The molecule has 2 heteroatoms. The van der Waals surface area contributed by atoms with Gasteiger partial charge >= 0.3 is 0 Å². The van der Waals surface area contributed by atoms with Crippen LogP contribution in [0.3, 0.4) is 0 Å². The molecule has 0 aromatic heterocycles. The fourth-order valence-corrected chi connectivity index (χ4v) is 9.07. The summed E-state index contributed by atoms with van der Waals surface area (Å²) >= 11 is 0. The summed E-state index contributed by atoms with van der Waals surface area (Å²) in [6, 6.07) is 91.8. The van der Waals surface area contributed by atoms with Crippen LogP contribution in [-0.2, 0) is 0 Å². The zero-order valence-electron chi connectivity index (χ0n) is 36.1. The van der Waals surface area contributed by atoms with Gasteiger partial charge in [-0.15, -0.1) is 0 Å². The van der Waals surface area contributed by atoms with E-state index in [1.54, 1.807) is 0 Å². The van der Waals surface area contributed by atoms with Crippen molar-refractivity contribution in [2.24, 2.45) is 0 Å². The molecule has 10 aromatic rings. The highest BCUT2D eigenvalue weighted by molar-refractivity contribution is 6.00. The van der Waals surface area contributed by atoms with Crippen molar-refractivity contribution in [3.8, 4) is 55.6 Å². The van der Waals surface area contributed by atoms with Crippen molar-refractivity contribution < 1.29 is 0 Å². The highest BCUT2D eigenvalue weighted by Crippen LogP contribution is 2.50. The normalized spacial score (nSPS) is 11.0. The Balaban J connectivity index is 1.11. The standard InChI is InChI=1S/C62H48N2/c1-45-43-51(39-41-59(45)63(53-31-17-7-18-32-53)61-55(47-23-9-3-10-24-47)35-21-36-56(61)48-25-11-4-12-26-48)52-40-42-60(46(2)44-52)64(54-33-19-8-20-34-54)62-57(49-27-13-5-14-28-49)37-22-38-58(62)50-29-15-6-16-30-50/h3-44H,1-2H3. The highest BCUT2D eigenvalue weighted by atomic mass is 15.2. The maximum absolute atomic E-state index is 2.45. The number of hydrogen-bond acceptors (Lipinski definition) is 2. The molecule has 0 saturated carbocycles. The predicted molar refractivity (Wildman–Crippen MR) is 272 cm³/mol. The molecule has 0 N–H and O–H groups in total. The third-order valence-corrected chi connectivity index (χ3v) is 12.1. The lowest BCUT2D eigenvalue weighted by Gasteiger charge is -2.32. The van der Waals surface area contributed by atoms with Gasteiger partial charge in [-0.05, 0) is 107 Å². The first-order chi connectivity index (χ1) is 31.6. The van der Waals surface area contributed by atoms with Crippen LogP contribution in [0.15, 0.2) is 255 Å². The molecule has 64 heavy (non-hydrogen) atoms. The Kier molecular flexibility index (Phi) is 11.2. The Bertz CT molecular complexity index is 2810. The molecule has 0 radical (unpaired) electrons. The Morgan fingerprint density at radius 3 is 0.766 bits per heavy atom. The van der Waals surface area contributed by atoms with E-state index in [1.807, 2.05) is 0 Å². The van der Waals surface area contributed by atoms with Crippen molar-refractivity contribution >= 4 is 34.1 Å². The molecule has 0 bridgehead atoms. The van der Waals surface area contributed by atoms with Crippen LogP contribution >= 0.6 is 0 Å². The number of nitrogens with zero attached hydrogens (tertiary/aromatic N) is 2. The van der Waals surface area contributed by atoms with Crippen molar-refractivity contribution in [3.05, 3.63) is 266 Å². The molecule has 0 aliphatic carbocycles. The van der Waals surface area contributed by atoms with E-state index in [0.29, 0.717) is 0 Å². The van der Waals surface area contributed by atoms with Crippen LogP contribution in [0, 0.1) is 13.8 Å². The maximum atomic E-state index is 2.45. The van der Waals surface area contributed by atoms with Gasteiger partial charge in [0.2, 0.25) is 0 Å². The summed E-state index contributed by atoms with van der Waals surface area (Å²) in [5, 5.41) is 0. The first kappa shape index (κ1) is 39.9. The van der Waals surface area contributed by atoms with Crippen LogP contribution in [-0.4, -0.2) is 0 Å². The molecule has 0 atom stereocenters. The van der Waals surface area contributed by atoms with Gasteiger partial charge in [0.15, 0.2) is 0 Å². The summed E-state index contributed by atoms with van der Waals surface area (Å²) in [5.41, 5.74) is 20.9. The third kappa shape index (κ3) is 7.90. The molecular weight excluding hydrogens is 773 g/mol. The van der Waals surface area contributed by atoms with Gasteiger partial charge in [-0.3, -0.25) is 0 Å². The van der Waals surface area contributed by atoms with Gasteiger partial charge in [0.1, 0.15) is 0 Å². The zero-order chi connectivity index (χ0) is 43.2. The van der Waals surface area contributed by atoms with E-state index in [4.69, 9.17) is 0 Å². The quantitative estimate of drug-likeness (QED) is 0.128. The van der Waals surface area contributed by atoms with E-state index in [0.717, 1.165) is 34.1 Å². The lowest BCUT2D eigenvalue weighted by molar-refractivity contribution is 1.24. The zero-order valence-corrected chi connectivity index (χ0v) is 36.1. The summed E-state index contributed by atoms with van der Waals surface area (Å²) in [5.74, 6) is 0. The minimum Gasteiger partial charge on any atom is -0.309 e. The van der Waals surface area contributed by atoms with Crippen LogP contribution in [0.2, 0.25) is 0 Å². The first-order valence-corrected chi connectivity index (χ1v) is 22.0. The van der Waals surface area contributed by atoms with Crippen molar-refractivity contribution in [2.75, 3.05) is 9.80 Å². The van der Waals surface area contributed by atoms with Gasteiger partial charge in [-0.25, -0.2) is 0 Å². The summed E-state index contributed by atoms with van der Waals surface area (Å²) in [4.78, 5) is 4.90. The number of para-hydroxylation sites is 4. The molecule has 0 aliphatic rings. The molecular formula is C62H48N2. The second-order valence-electron chi connectivity index (χ2n) is 16.2. The van der Waals surface area contributed by atoms with E-state index in [2.05, 4.69) is 278 Å². The van der Waals surface area contributed by atoms with Gasteiger partial charge in [0.05, 0.1) is 11.4 Å². The second-order valence-corrected chi connectivity index (χ2v) is 16.2. The predicted octanol–water partition coefficient (Wildman–Crippen LogP) is 17.6. The molecule has 0 heterocycles. The number of anilines is 6. The van der Waals surface area contributed by atoms with Crippen LogP contribution in [0.25, 0.3) is 55.6 Å². The number of benzene rings is 10. The van der Waals surface area contributed by atoms with E-state index >= 15 is 0 Å². The molecule has 0 spiro atoms.